The van der Waals surface area contributed by atoms with Gasteiger partial charge in [0.15, 0.2) is 0 Å². The first-order valence-corrected chi connectivity index (χ1v) is 6.91. The smallest absolute Gasteiger partial charge is 0.255 e. The van der Waals surface area contributed by atoms with Gasteiger partial charge in [0.25, 0.3) is 5.91 Å². The number of hydrogen-bond acceptors (Lipinski definition) is 5. The van der Waals surface area contributed by atoms with Crippen LogP contribution in [0.5, 0.6) is 0 Å². The summed E-state index contributed by atoms with van der Waals surface area (Å²) in [6, 6.07) is 9.23. The second-order valence-electron chi connectivity index (χ2n) is 4.94. The first-order valence-electron chi connectivity index (χ1n) is 6.91. The van der Waals surface area contributed by atoms with Crippen LogP contribution < -0.4 is 10.6 Å². The molecule has 6 heteroatoms. The number of carbonyl (C=O) groups is 1. The molecule has 2 aromatic heterocycles. The zero-order valence-corrected chi connectivity index (χ0v) is 11.6. The number of nitrogen functional groups attached to an aromatic ring is 1. The minimum Gasteiger partial charge on any atom is -0.384 e. The van der Waals surface area contributed by atoms with Crippen molar-refractivity contribution in [2.24, 2.45) is 0 Å². The van der Waals surface area contributed by atoms with Gasteiger partial charge in [-0.05, 0) is 24.3 Å². The molecule has 0 radical (unpaired) electrons. The molecule has 1 fully saturated rings. The standard InChI is InChI=1S/C15H17N5O/c16-13-5-4-12(11-18-13)15(21)20-9-7-19(8-10-20)14-3-1-2-6-17-14/h1-6,11H,7-10H2,(H2,16,18). The third-order valence-electron chi connectivity index (χ3n) is 3.57. The van der Waals surface area contributed by atoms with Gasteiger partial charge in [0.2, 0.25) is 0 Å². The first kappa shape index (κ1) is 13.4. The molecule has 0 aliphatic carbocycles. The minimum atomic E-state index is 0.00294. The molecule has 1 aliphatic rings. The van der Waals surface area contributed by atoms with Crippen LogP contribution in [0.1, 0.15) is 10.4 Å². The summed E-state index contributed by atoms with van der Waals surface area (Å²) in [4.78, 5) is 24.7. The Kier molecular flexibility index (Phi) is 3.68. The number of rotatable bonds is 2. The zero-order chi connectivity index (χ0) is 14.7. The predicted octanol–water partition coefficient (Wildman–Crippen LogP) is 1.02. The molecule has 0 unspecified atom stereocenters. The van der Waals surface area contributed by atoms with Gasteiger partial charge in [-0.1, -0.05) is 6.07 Å². The Labute approximate surface area is 123 Å². The third kappa shape index (κ3) is 2.94. The highest BCUT2D eigenvalue weighted by Crippen LogP contribution is 2.14. The Hall–Kier alpha value is -2.63. The summed E-state index contributed by atoms with van der Waals surface area (Å²) >= 11 is 0. The van der Waals surface area contributed by atoms with Gasteiger partial charge in [0.05, 0.1) is 5.56 Å². The Morgan fingerprint density at radius 1 is 1.05 bits per heavy atom. The van der Waals surface area contributed by atoms with Gasteiger partial charge in [0.1, 0.15) is 11.6 Å². The summed E-state index contributed by atoms with van der Waals surface area (Å²) in [5.74, 6) is 1.38. The van der Waals surface area contributed by atoms with E-state index in [-0.39, 0.29) is 5.91 Å². The van der Waals surface area contributed by atoms with Crippen molar-refractivity contribution in [1.29, 1.82) is 0 Å². The number of piperazine rings is 1. The van der Waals surface area contributed by atoms with E-state index in [4.69, 9.17) is 5.73 Å². The molecule has 1 amide bonds. The SMILES string of the molecule is Nc1ccc(C(=O)N2CCN(c3ccccn3)CC2)cn1. The molecular formula is C15H17N5O. The van der Waals surface area contributed by atoms with Crippen molar-refractivity contribution >= 4 is 17.5 Å². The van der Waals surface area contributed by atoms with Gasteiger partial charge in [-0.25, -0.2) is 9.97 Å². The van der Waals surface area contributed by atoms with E-state index in [1.165, 1.54) is 6.20 Å². The number of carbonyl (C=O) groups excluding carboxylic acids is 1. The lowest BCUT2D eigenvalue weighted by Gasteiger charge is -2.35. The molecule has 6 nitrogen and oxygen atoms in total. The first-order chi connectivity index (χ1) is 10.2. The number of amides is 1. The third-order valence-corrected chi connectivity index (χ3v) is 3.57. The van der Waals surface area contributed by atoms with Crippen LogP contribution in [0.3, 0.4) is 0 Å². The van der Waals surface area contributed by atoms with Crippen LogP contribution in [0.4, 0.5) is 11.6 Å². The van der Waals surface area contributed by atoms with Crippen LogP contribution in [0.15, 0.2) is 42.7 Å². The van der Waals surface area contributed by atoms with E-state index in [1.807, 2.05) is 23.1 Å². The number of nitrogens with two attached hydrogens (primary N) is 1. The van der Waals surface area contributed by atoms with Gasteiger partial charge >= 0.3 is 0 Å². The van der Waals surface area contributed by atoms with E-state index in [9.17, 15) is 4.79 Å². The van der Waals surface area contributed by atoms with Crippen molar-refractivity contribution < 1.29 is 4.79 Å². The van der Waals surface area contributed by atoms with Crippen molar-refractivity contribution in [3.8, 4) is 0 Å². The summed E-state index contributed by atoms with van der Waals surface area (Å²) in [5, 5.41) is 0. The molecule has 21 heavy (non-hydrogen) atoms. The van der Waals surface area contributed by atoms with E-state index < -0.39 is 0 Å². The molecule has 0 aromatic carbocycles. The highest BCUT2D eigenvalue weighted by molar-refractivity contribution is 5.94. The van der Waals surface area contributed by atoms with Crippen molar-refractivity contribution in [2.75, 3.05) is 36.8 Å². The lowest BCUT2D eigenvalue weighted by atomic mass is 10.2. The molecule has 1 saturated heterocycles. The lowest BCUT2D eigenvalue weighted by Crippen LogP contribution is -2.49. The van der Waals surface area contributed by atoms with E-state index >= 15 is 0 Å². The molecule has 0 atom stereocenters. The van der Waals surface area contributed by atoms with E-state index in [1.54, 1.807) is 18.3 Å². The number of pyridine rings is 2. The molecule has 0 saturated carbocycles. The van der Waals surface area contributed by atoms with Crippen molar-refractivity contribution in [1.82, 2.24) is 14.9 Å². The Morgan fingerprint density at radius 2 is 1.86 bits per heavy atom. The maximum Gasteiger partial charge on any atom is 0.255 e. The lowest BCUT2D eigenvalue weighted by molar-refractivity contribution is 0.0746. The predicted molar refractivity (Wildman–Crippen MR) is 81.0 cm³/mol. The second-order valence-corrected chi connectivity index (χ2v) is 4.94. The fraction of sp³-hybridized carbons (Fsp3) is 0.267. The monoisotopic (exact) mass is 283 g/mol. The van der Waals surface area contributed by atoms with Gasteiger partial charge in [-0.2, -0.15) is 0 Å². The van der Waals surface area contributed by atoms with Crippen molar-refractivity contribution in [3.05, 3.63) is 48.3 Å². The summed E-state index contributed by atoms with van der Waals surface area (Å²) in [6.07, 6.45) is 3.32. The van der Waals surface area contributed by atoms with Gasteiger partial charge < -0.3 is 15.5 Å². The van der Waals surface area contributed by atoms with E-state index in [0.29, 0.717) is 24.5 Å². The fourth-order valence-electron chi connectivity index (χ4n) is 2.39. The molecule has 1 aliphatic heterocycles. The largest absolute Gasteiger partial charge is 0.384 e. The quantitative estimate of drug-likeness (QED) is 0.890. The molecule has 2 N–H and O–H groups in total. The number of hydrogen-bond donors (Lipinski definition) is 1. The topological polar surface area (TPSA) is 75.4 Å². The highest BCUT2D eigenvalue weighted by atomic mass is 16.2. The normalized spacial score (nSPS) is 15.0. The van der Waals surface area contributed by atoms with Crippen LogP contribution in [-0.2, 0) is 0 Å². The summed E-state index contributed by atoms with van der Waals surface area (Å²) in [7, 11) is 0. The van der Waals surface area contributed by atoms with Gasteiger partial charge in [0, 0.05) is 38.6 Å². The average molecular weight is 283 g/mol. The molecule has 3 rings (SSSR count). The molecule has 0 bridgehead atoms. The number of aromatic nitrogens is 2. The summed E-state index contributed by atoms with van der Waals surface area (Å²) in [5.41, 5.74) is 6.12. The van der Waals surface area contributed by atoms with Crippen LogP contribution >= 0.6 is 0 Å². The minimum absolute atomic E-state index is 0.00294. The van der Waals surface area contributed by atoms with Crippen molar-refractivity contribution in [3.63, 3.8) is 0 Å². The van der Waals surface area contributed by atoms with Crippen LogP contribution in [-0.4, -0.2) is 47.0 Å². The van der Waals surface area contributed by atoms with E-state index in [2.05, 4.69) is 14.9 Å². The molecular weight excluding hydrogens is 266 g/mol. The Morgan fingerprint density at radius 3 is 2.48 bits per heavy atom. The molecule has 0 spiro atoms. The molecule has 3 heterocycles. The number of anilines is 2. The summed E-state index contributed by atoms with van der Waals surface area (Å²) < 4.78 is 0. The van der Waals surface area contributed by atoms with Crippen LogP contribution in [0.25, 0.3) is 0 Å². The molecule has 2 aromatic rings. The van der Waals surface area contributed by atoms with Crippen LogP contribution in [0.2, 0.25) is 0 Å². The maximum atomic E-state index is 12.4. The Balaban J connectivity index is 1.63. The Bertz CT molecular complexity index is 606. The van der Waals surface area contributed by atoms with E-state index in [0.717, 1.165) is 18.9 Å². The summed E-state index contributed by atoms with van der Waals surface area (Å²) in [6.45, 7) is 2.93. The van der Waals surface area contributed by atoms with Crippen LogP contribution in [0, 0.1) is 0 Å². The number of nitrogens with zero attached hydrogens (tertiary/aromatic N) is 4. The zero-order valence-electron chi connectivity index (χ0n) is 11.6. The van der Waals surface area contributed by atoms with Crippen molar-refractivity contribution in [2.45, 2.75) is 0 Å². The van der Waals surface area contributed by atoms with Gasteiger partial charge in [-0.3, -0.25) is 4.79 Å². The second kappa shape index (κ2) is 5.78. The highest BCUT2D eigenvalue weighted by Gasteiger charge is 2.22. The average Bonchev–Trinajstić information content (AvgIpc) is 2.56. The maximum absolute atomic E-state index is 12.4. The van der Waals surface area contributed by atoms with Gasteiger partial charge in [-0.15, -0.1) is 0 Å². The fourth-order valence-corrected chi connectivity index (χ4v) is 2.39. The molecule has 108 valence electrons.